The number of hydrogen-bond donors (Lipinski definition) is 1. The van der Waals surface area contributed by atoms with E-state index >= 15 is 0 Å². The van der Waals surface area contributed by atoms with E-state index in [2.05, 4.69) is 0 Å². The fourth-order valence-electron chi connectivity index (χ4n) is 3.84. The second-order valence-electron chi connectivity index (χ2n) is 7.83. The van der Waals surface area contributed by atoms with Crippen LogP contribution in [0.1, 0.15) is 10.4 Å². The Morgan fingerprint density at radius 3 is 1.77 bits per heavy atom. The molecule has 1 N–H and O–H groups in total. The quantitative estimate of drug-likeness (QED) is 0.352. The number of anilines is 2. The molecule has 3 aromatic carbocycles. The van der Waals surface area contributed by atoms with Gasteiger partial charge in [0.1, 0.15) is 5.75 Å². The second-order valence-corrected chi connectivity index (χ2v) is 7.83. The highest BCUT2D eigenvalue weighted by atomic mass is 16.5. The lowest BCUT2D eigenvalue weighted by Gasteiger charge is -2.20. The highest BCUT2D eigenvalue weighted by Gasteiger charge is 2.26. The van der Waals surface area contributed by atoms with E-state index < -0.39 is 24.0 Å². The topological polar surface area (TPSA) is 104 Å². The summed E-state index contributed by atoms with van der Waals surface area (Å²) in [6, 6.07) is 20.1. The van der Waals surface area contributed by atoms with Crippen LogP contribution in [0.3, 0.4) is 0 Å². The van der Waals surface area contributed by atoms with Crippen LogP contribution in [-0.2, 0) is 14.4 Å². The number of carbonyl (C=O) groups excluding carboxylic acids is 4. The van der Waals surface area contributed by atoms with Crippen molar-refractivity contribution in [2.45, 2.75) is 6.23 Å². The zero-order valence-corrected chi connectivity index (χ0v) is 18.2. The van der Waals surface area contributed by atoms with Gasteiger partial charge in [0.25, 0.3) is 17.7 Å². The van der Waals surface area contributed by atoms with Gasteiger partial charge in [-0.1, -0.05) is 24.3 Å². The summed E-state index contributed by atoms with van der Waals surface area (Å²) >= 11 is 0. The van der Waals surface area contributed by atoms with Gasteiger partial charge in [-0.3, -0.25) is 19.3 Å². The Hall–Kier alpha value is -4.82. The van der Waals surface area contributed by atoms with Gasteiger partial charge in [0.2, 0.25) is 0 Å². The predicted molar refractivity (Wildman–Crippen MR) is 128 cm³/mol. The molecule has 0 aliphatic carbocycles. The van der Waals surface area contributed by atoms with E-state index in [1.807, 2.05) is 12.1 Å². The van der Waals surface area contributed by atoms with Gasteiger partial charge in [0.15, 0.2) is 6.23 Å². The summed E-state index contributed by atoms with van der Waals surface area (Å²) in [5.41, 5.74) is 2.99. The number of esters is 1. The molecule has 35 heavy (non-hydrogen) atoms. The largest absolute Gasteiger partial charge is 0.423 e. The van der Waals surface area contributed by atoms with Crippen LogP contribution in [0, 0.1) is 0 Å². The molecule has 172 valence electrons. The normalized spacial score (nSPS) is 16.9. The minimum Gasteiger partial charge on any atom is -0.423 e. The Kier molecular flexibility index (Phi) is 5.56. The molecule has 2 aliphatic rings. The Labute approximate surface area is 200 Å². The maximum atomic E-state index is 12.5. The number of aliphatic hydroxyl groups excluding tert-OH is 1. The van der Waals surface area contributed by atoms with E-state index in [0.717, 1.165) is 16.0 Å². The van der Waals surface area contributed by atoms with E-state index in [9.17, 15) is 24.3 Å². The molecule has 8 heteroatoms. The monoisotopic (exact) mass is 466 g/mol. The summed E-state index contributed by atoms with van der Waals surface area (Å²) in [5, 5.41) is 9.91. The van der Waals surface area contributed by atoms with Crippen LogP contribution >= 0.6 is 0 Å². The Balaban J connectivity index is 1.24. The minimum atomic E-state index is -0.972. The standard InChI is InChI=1S/C27H18N2O6/c30-23-13-14-24(31)28(23)20-7-1-17(2-8-20)18-5-11-22(12-6-18)35-27(34)19-3-9-21(10-4-19)29-25(32)15-16-26(29)33/h1-16,23,30H. The first-order valence-electron chi connectivity index (χ1n) is 10.7. The summed E-state index contributed by atoms with van der Waals surface area (Å²) in [6.07, 6.45) is 4.18. The summed E-state index contributed by atoms with van der Waals surface area (Å²) in [6.45, 7) is 0. The predicted octanol–water partition coefficient (Wildman–Crippen LogP) is 3.22. The van der Waals surface area contributed by atoms with Crippen LogP contribution < -0.4 is 14.5 Å². The van der Waals surface area contributed by atoms with Gasteiger partial charge in [0, 0.05) is 23.9 Å². The molecule has 0 bridgehead atoms. The molecule has 0 saturated heterocycles. The number of benzene rings is 3. The maximum Gasteiger partial charge on any atom is 0.343 e. The van der Waals surface area contributed by atoms with Gasteiger partial charge in [-0.2, -0.15) is 0 Å². The van der Waals surface area contributed by atoms with Gasteiger partial charge < -0.3 is 9.84 Å². The molecule has 5 rings (SSSR count). The maximum absolute atomic E-state index is 12.5. The zero-order valence-electron chi connectivity index (χ0n) is 18.2. The summed E-state index contributed by atoms with van der Waals surface area (Å²) in [5.74, 6) is -1.36. The summed E-state index contributed by atoms with van der Waals surface area (Å²) in [7, 11) is 0. The SMILES string of the molecule is O=C(Oc1ccc(-c2ccc(N3C(=O)C=CC3O)cc2)cc1)c1ccc(N2C(=O)C=CC2=O)cc1. The third-order valence-electron chi connectivity index (χ3n) is 5.63. The number of imide groups is 1. The fraction of sp³-hybridized carbons (Fsp3) is 0.0370. The molecular formula is C27H18N2O6. The number of rotatable bonds is 5. The van der Waals surface area contributed by atoms with Crippen molar-refractivity contribution in [3.8, 4) is 16.9 Å². The van der Waals surface area contributed by atoms with E-state index in [0.29, 0.717) is 17.1 Å². The van der Waals surface area contributed by atoms with Crippen molar-refractivity contribution in [2.24, 2.45) is 0 Å². The van der Waals surface area contributed by atoms with E-state index in [1.165, 1.54) is 53.5 Å². The second kappa shape index (κ2) is 8.85. The van der Waals surface area contributed by atoms with E-state index in [-0.39, 0.29) is 11.5 Å². The first kappa shape index (κ1) is 22.0. The van der Waals surface area contributed by atoms with Crippen molar-refractivity contribution in [3.63, 3.8) is 0 Å². The summed E-state index contributed by atoms with van der Waals surface area (Å²) in [4.78, 5) is 50.2. The molecule has 3 aromatic rings. The summed E-state index contributed by atoms with van der Waals surface area (Å²) < 4.78 is 5.43. The molecule has 1 atom stereocenters. The van der Waals surface area contributed by atoms with Gasteiger partial charge in [0.05, 0.1) is 11.3 Å². The van der Waals surface area contributed by atoms with Gasteiger partial charge in [-0.25, -0.2) is 9.69 Å². The van der Waals surface area contributed by atoms with E-state index in [1.54, 1.807) is 36.4 Å². The third-order valence-corrected chi connectivity index (χ3v) is 5.63. The first-order valence-corrected chi connectivity index (χ1v) is 10.7. The van der Waals surface area contributed by atoms with Crippen molar-refractivity contribution in [3.05, 3.63) is 103 Å². The molecule has 0 saturated carbocycles. The van der Waals surface area contributed by atoms with Crippen LogP contribution in [0.5, 0.6) is 5.75 Å². The molecule has 2 aliphatic heterocycles. The first-order chi connectivity index (χ1) is 16.9. The number of aliphatic hydroxyl groups is 1. The van der Waals surface area contributed by atoms with Crippen molar-refractivity contribution in [1.29, 1.82) is 0 Å². The van der Waals surface area contributed by atoms with E-state index in [4.69, 9.17) is 4.74 Å². The Bertz CT molecular complexity index is 1370. The fourth-order valence-corrected chi connectivity index (χ4v) is 3.84. The molecule has 3 amide bonds. The lowest BCUT2D eigenvalue weighted by molar-refractivity contribution is -0.120. The van der Waals surface area contributed by atoms with Crippen LogP contribution in [0.15, 0.2) is 97.1 Å². The lowest BCUT2D eigenvalue weighted by atomic mass is 10.1. The van der Waals surface area contributed by atoms with Gasteiger partial charge in [-0.05, 0) is 65.7 Å². The molecule has 8 nitrogen and oxygen atoms in total. The van der Waals surface area contributed by atoms with Gasteiger partial charge in [-0.15, -0.1) is 0 Å². The Morgan fingerprint density at radius 1 is 0.686 bits per heavy atom. The van der Waals surface area contributed by atoms with Crippen LogP contribution in [0.2, 0.25) is 0 Å². The third kappa shape index (κ3) is 4.25. The van der Waals surface area contributed by atoms with Crippen molar-refractivity contribution >= 4 is 35.1 Å². The average molecular weight is 466 g/mol. The van der Waals surface area contributed by atoms with Crippen molar-refractivity contribution < 1.29 is 29.0 Å². The highest BCUT2D eigenvalue weighted by molar-refractivity contribution is 6.28. The molecule has 0 spiro atoms. The molecule has 2 heterocycles. The van der Waals surface area contributed by atoms with Crippen molar-refractivity contribution in [2.75, 3.05) is 9.80 Å². The lowest BCUT2D eigenvalue weighted by Crippen LogP contribution is -2.33. The average Bonchev–Trinajstić information content (AvgIpc) is 3.39. The van der Waals surface area contributed by atoms with Crippen molar-refractivity contribution in [1.82, 2.24) is 0 Å². The highest BCUT2D eigenvalue weighted by Crippen LogP contribution is 2.28. The van der Waals surface area contributed by atoms with Gasteiger partial charge >= 0.3 is 5.97 Å². The molecule has 0 radical (unpaired) electrons. The van der Waals surface area contributed by atoms with Crippen LogP contribution in [-0.4, -0.2) is 35.0 Å². The number of carbonyl (C=O) groups is 4. The Morgan fingerprint density at radius 2 is 1.23 bits per heavy atom. The smallest absolute Gasteiger partial charge is 0.343 e. The number of hydrogen-bond acceptors (Lipinski definition) is 6. The number of nitrogens with zero attached hydrogens (tertiary/aromatic N) is 2. The number of ether oxygens (including phenoxy) is 1. The number of amides is 3. The molecule has 1 unspecified atom stereocenters. The van der Waals surface area contributed by atoms with Crippen LogP contribution in [0.25, 0.3) is 11.1 Å². The molecule has 0 aromatic heterocycles. The zero-order chi connectivity index (χ0) is 24.5. The molecule has 0 fully saturated rings. The minimum absolute atomic E-state index is 0.272. The van der Waals surface area contributed by atoms with Crippen LogP contribution in [0.4, 0.5) is 11.4 Å². The molecular weight excluding hydrogens is 448 g/mol.